The fourth-order valence-electron chi connectivity index (χ4n) is 2.85. The van der Waals surface area contributed by atoms with Crippen LogP contribution in [0.15, 0.2) is 48.5 Å². The van der Waals surface area contributed by atoms with Crippen molar-refractivity contribution in [2.24, 2.45) is 0 Å². The standard InChI is InChI=1S/C19H23N3O2/c1-21-11-13-22(14-12-21)17-7-5-16(6-8-17)20-19(23)15-3-9-18(24-2)10-4-15/h3-10H,11-14H2,1-2H3,(H,20,23)/p+1. The Kier molecular flexibility index (Phi) is 5.01. The fourth-order valence-corrected chi connectivity index (χ4v) is 2.85. The summed E-state index contributed by atoms with van der Waals surface area (Å²) in [6.07, 6.45) is 0. The Labute approximate surface area is 142 Å². The second-order valence-corrected chi connectivity index (χ2v) is 6.17. The third-order valence-electron chi connectivity index (χ3n) is 4.46. The SMILES string of the molecule is COc1ccc(C(=O)Nc2ccc(N3CC[NH+](C)CC3)cc2)cc1. The van der Waals surface area contributed by atoms with Gasteiger partial charge in [0.15, 0.2) is 0 Å². The van der Waals surface area contributed by atoms with E-state index in [2.05, 4.69) is 29.4 Å². The second-order valence-electron chi connectivity index (χ2n) is 6.17. The molecular weight excluding hydrogens is 302 g/mol. The van der Waals surface area contributed by atoms with Gasteiger partial charge in [0.25, 0.3) is 5.91 Å². The molecule has 0 spiro atoms. The monoisotopic (exact) mass is 326 g/mol. The van der Waals surface area contributed by atoms with Crippen LogP contribution in [0.1, 0.15) is 10.4 Å². The molecule has 1 fully saturated rings. The Morgan fingerprint density at radius 3 is 2.25 bits per heavy atom. The summed E-state index contributed by atoms with van der Waals surface area (Å²) in [5.74, 6) is 0.624. The van der Waals surface area contributed by atoms with Gasteiger partial charge in [-0.3, -0.25) is 4.79 Å². The number of likely N-dealkylation sites (N-methyl/N-ethyl adjacent to an activating group) is 1. The van der Waals surface area contributed by atoms with E-state index in [4.69, 9.17) is 4.74 Å². The molecule has 2 N–H and O–H groups in total. The summed E-state index contributed by atoms with van der Waals surface area (Å²) < 4.78 is 5.11. The van der Waals surface area contributed by atoms with Crippen molar-refractivity contribution in [2.75, 3.05) is 50.6 Å². The maximum absolute atomic E-state index is 12.3. The maximum Gasteiger partial charge on any atom is 0.255 e. The molecule has 5 heteroatoms. The Morgan fingerprint density at radius 1 is 1.04 bits per heavy atom. The molecular formula is C19H24N3O2+. The van der Waals surface area contributed by atoms with Crippen molar-refractivity contribution in [2.45, 2.75) is 0 Å². The van der Waals surface area contributed by atoms with Crippen LogP contribution in [-0.2, 0) is 0 Å². The third kappa shape index (κ3) is 3.86. The zero-order valence-corrected chi connectivity index (χ0v) is 14.2. The first kappa shape index (κ1) is 16.3. The Bertz CT molecular complexity index is 675. The van der Waals surface area contributed by atoms with Crippen LogP contribution < -0.4 is 19.9 Å². The van der Waals surface area contributed by atoms with Gasteiger partial charge in [-0.25, -0.2) is 0 Å². The van der Waals surface area contributed by atoms with Gasteiger partial charge in [0, 0.05) is 16.9 Å². The first-order chi connectivity index (χ1) is 11.7. The lowest BCUT2D eigenvalue weighted by Crippen LogP contribution is -3.12. The number of amides is 1. The second kappa shape index (κ2) is 7.36. The maximum atomic E-state index is 12.3. The number of hydrogen-bond acceptors (Lipinski definition) is 3. The summed E-state index contributed by atoms with van der Waals surface area (Å²) in [7, 11) is 3.84. The molecule has 0 atom stereocenters. The van der Waals surface area contributed by atoms with Crippen LogP contribution in [0.3, 0.4) is 0 Å². The molecule has 0 unspecified atom stereocenters. The van der Waals surface area contributed by atoms with E-state index < -0.39 is 0 Å². The van der Waals surface area contributed by atoms with Crippen LogP contribution in [0.2, 0.25) is 0 Å². The number of carbonyl (C=O) groups is 1. The topological polar surface area (TPSA) is 46.0 Å². The number of piperazine rings is 1. The zero-order valence-electron chi connectivity index (χ0n) is 14.2. The molecule has 3 rings (SSSR count). The normalized spacial score (nSPS) is 15.2. The van der Waals surface area contributed by atoms with Crippen LogP contribution >= 0.6 is 0 Å². The number of carbonyl (C=O) groups excluding carboxylic acids is 1. The Hall–Kier alpha value is -2.53. The van der Waals surface area contributed by atoms with Crippen LogP contribution in [-0.4, -0.2) is 46.2 Å². The van der Waals surface area contributed by atoms with Crippen molar-refractivity contribution in [3.63, 3.8) is 0 Å². The van der Waals surface area contributed by atoms with Gasteiger partial charge in [-0.1, -0.05) is 0 Å². The number of nitrogens with zero attached hydrogens (tertiary/aromatic N) is 1. The number of hydrogen-bond donors (Lipinski definition) is 2. The van der Waals surface area contributed by atoms with Crippen molar-refractivity contribution in [1.29, 1.82) is 0 Å². The molecule has 0 aromatic heterocycles. The third-order valence-corrected chi connectivity index (χ3v) is 4.46. The first-order valence-electron chi connectivity index (χ1n) is 8.27. The van der Waals surface area contributed by atoms with Crippen molar-refractivity contribution < 1.29 is 14.4 Å². The van der Waals surface area contributed by atoms with Crippen molar-refractivity contribution in [3.8, 4) is 5.75 Å². The van der Waals surface area contributed by atoms with Crippen molar-refractivity contribution >= 4 is 17.3 Å². The highest BCUT2D eigenvalue weighted by atomic mass is 16.5. The lowest BCUT2D eigenvalue weighted by atomic mass is 10.2. The van der Waals surface area contributed by atoms with Gasteiger partial charge in [0.2, 0.25) is 0 Å². The van der Waals surface area contributed by atoms with Crippen molar-refractivity contribution in [1.82, 2.24) is 0 Å². The van der Waals surface area contributed by atoms with E-state index in [1.165, 1.54) is 5.69 Å². The van der Waals surface area contributed by atoms with E-state index >= 15 is 0 Å². The predicted molar refractivity (Wildman–Crippen MR) is 96.2 cm³/mol. The molecule has 0 bridgehead atoms. The van der Waals surface area contributed by atoms with Crippen LogP contribution in [0.25, 0.3) is 0 Å². The predicted octanol–water partition coefficient (Wildman–Crippen LogP) is 1.28. The van der Waals surface area contributed by atoms with Crippen LogP contribution in [0.5, 0.6) is 5.75 Å². The molecule has 1 aliphatic rings. The van der Waals surface area contributed by atoms with E-state index in [9.17, 15) is 4.79 Å². The molecule has 5 nitrogen and oxygen atoms in total. The van der Waals surface area contributed by atoms with E-state index in [0.717, 1.165) is 37.6 Å². The van der Waals surface area contributed by atoms with E-state index in [-0.39, 0.29) is 5.91 Å². The van der Waals surface area contributed by atoms with Crippen LogP contribution in [0, 0.1) is 0 Å². The molecule has 0 aliphatic carbocycles. The van der Waals surface area contributed by atoms with Gasteiger partial charge in [-0.15, -0.1) is 0 Å². The number of anilines is 2. The van der Waals surface area contributed by atoms with Crippen LogP contribution in [0.4, 0.5) is 11.4 Å². The summed E-state index contributed by atoms with van der Waals surface area (Å²) in [5, 5.41) is 2.93. The number of ether oxygens (including phenoxy) is 1. The van der Waals surface area contributed by atoms with Gasteiger partial charge < -0.3 is 19.9 Å². The average molecular weight is 326 g/mol. The summed E-state index contributed by atoms with van der Waals surface area (Å²) in [6.45, 7) is 4.47. The molecule has 1 aliphatic heterocycles. The van der Waals surface area contributed by atoms with Gasteiger partial charge >= 0.3 is 0 Å². The minimum Gasteiger partial charge on any atom is -0.497 e. The van der Waals surface area contributed by atoms with E-state index in [1.54, 1.807) is 36.3 Å². The summed E-state index contributed by atoms with van der Waals surface area (Å²) in [6, 6.07) is 15.2. The summed E-state index contributed by atoms with van der Waals surface area (Å²) >= 11 is 0. The quantitative estimate of drug-likeness (QED) is 0.890. The number of rotatable bonds is 4. The van der Waals surface area contributed by atoms with Gasteiger partial charge in [-0.05, 0) is 48.5 Å². The fraction of sp³-hybridized carbons (Fsp3) is 0.316. The van der Waals surface area contributed by atoms with E-state index in [1.807, 2.05) is 12.1 Å². The molecule has 1 heterocycles. The Morgan fingerprint density at radius 2 is 1.67 bits per heavy atom. The zero-order chi connectivity index (χ0) is 16.9. The number of benzene rings is 2. The van der Waals surface area contributed by atoms with Gasteiger partial charge in [0.1, 0.15) is 5.75 Å². The summed E-state index contributed by atoms with van der Waals surface area (Å²) in [5.41, 5.74) is 2.63. The highest BCUT2D eigenvalue weighted by Gasteiger charge is 2.16. The Balaban J connectivity index is 1.62. The van der Waals surface area contributed by atoms with Gasteiger partial charge in [0.05, 0.1) is 40.3 Å². The summed E-state index contributed by atoms with van der Waals surface area (Å²) in [4.78, 5) is 16.2. The number of nitrogens with one attached hydrogen (secondary N) is 2. The highest BCUT2D eigenvalue weighted by molar-refractivity contribution is 6.04. The number of quaternary nitrogens is 1. The highest BCUT2D eigenvalue weighted by Crippen LogP contribution is 2.19. The lowest BCUT2D eigenvalue weighted by molar-refractivity contribution is -0.880. The van der Waals surface area contributed by atoms with Gasteiger partial charge in [-0.2, -0.15) is 0 Å². The minimum atomic E-state index is -0.117. The smallest absolute Gasteiger partial charge is 0.255 e. The molecule has 1 saturated heterocycles. The minimum absolute atomic E-state index is 0.117. The number of methoxy groups -OCH3 is 1. The molecule has 2 aromatic rings. The molecule has 0 saturated carbocycles. The van der Waals surface area contributed by atoms with E-state index in [0.29, 0.717) is 5.56 Å². The average Bonchev–Trinajstić information content (AvgIpc) is 2.63. The molecule has 2 aromatic carbocycles. The first-order valence-corrected chi connectivity index (χ1v) is 8.27. The molecule has 24 heavy (non-hydrogen) atoms. The van der Waals surface area contributed by atoms with Crippen molar-refractivity contribution in [3.05, 3.63) is 54.1 Å². The lowest BCUT2D eigenvalue weighted by Gasteiger charge is -2.31. The molecule has 1 amide bonds. The molecule has 126 valence electrons. The molecule has 0 radical (unpaired) electrons. The largest absolute Gasteiger partial charge is 0.497 e.